The van der Waals surface area contributed by atoms with Crippen LogP contribution in [0.5, 0.6) is 0 Å². The van der Waals surface area contributed by atoms with E-state index in [0.29, 0.717) is 5.54 Å². The predicted octanol–water partition coefficient (Wildman–Crippen LogP) is 2.02. The Kier molecular flexibility index (Phi) is 4.96. The second-order valence-corrected chi connectivity index (χ2v) is 8.62. The number of nitrogens with zero attached hydrogens (tertiary/aromatic N) is 2. The summed E-state index contributed by atoms with van der Waals surface area (Å²) in [5, 5.41) is 0.792. The van der Waals surface area contributed by atoms with E-state index in [9.17, 15) is 0 Å². The van der Waals surface area contributed by atoms with E-state index in [1.54, 1.807) is 0 Å². The van der Waals surface area contributed by atoms with Gasteiger partial charge in [0.05, 0.1) is 0 Å². The molecule has 3 fully saturated rings. The summed E-state index contributed by atoms with van der Waals surface area (Å²) in [6.45, 7) is 9.83. The molecule has 3 nitrogen and oxygen atoms in total. The van der Waals surface area contributed by atoms with Crippen LogP contribution in [0.2, 0.25) is 0 Å². The fourth-order valence-electron chi connectivity index (χ4n) is 4.36. The van der Waals surface area contributed by atoms with Crippen molar-refractivity contribution in [3.63, 3.8) is 0 Å². The van der Waals surface area contributed by atoms with Crippen molar-refractivity contribution in [1.82, 2.24) is 9.80 Å². The molecule has 3 aliphatic rings. The van der Waals surface area contributed by atoms with Crippen LogP contribution in [0.3, 0.4) is 0 Å². The van der Waals surface area contributed by atoms with Crippen molar-refractivity contribution in [2.24, 2.45) is 11.7 Å². The highest BCUT2D eigenvalue weighted by molar-refractivity contribution is 8.00. The van der Waals surface area contributed by atoms with Gasteiger partial charge in [0.25, 0.3) is 0 Å². The lowest BCUT2D eigenvalue weighted by Crippen LogP contribution is -2.57. The molecule has 116 valence electrons. The van der Waals surface area contributed by atoms with Gasteiger partial charge in [-0.1, -0.05) is 6.92 Å². The highest BCUT2D eigenvalue weighted by atomic mass is 32.2. The van der Waals surface area contributed by atoms with Crippen LogP contribution in [0, 0.1) is 5.92 Å². The Hall–Kier alpha value is 0.230. The van der Waals surface area contributed by atoms with Gasteiger partial charge in [-0.2, -0.15) is 11.8 Å². The average molecular weight is 298 g/mol. The third-order valence-corrected chi connectivity index (χ3v) is 7.12. The molecule has 2 N–H and O–H groups in total. The van der Waals surface area contributed by atoms with Crippen LogP contribution in [0.15, 0.2) is 0 Å². The number of likely N-dealkylation sites (tertiary alicyclic amines) is 2. The van der Waals surface area contributed by atoms with Gasteiger partial charge < -0.3 is 10.6 Å². The minimum atomic E-state index is 0.322. The number of hydrogen-bond donors (Lipinski definition) is 1. The summed E-state index contributed by atoms with van der Waals surface area (Å²) in [6.07, 6.45) is 6.91. The first kappa shape index (κ1) is 15.1. The second kappa shape index (κ2) is 6.55. The van der Waals surface area contributed by atoms with E-state index in [0.717, 1.165) is 17.7 Å². The molecule has 0 aromatic rings. The van der Waals surface area contributed by atoms with Gasteiger partial charge >= 0.3 is 0 Å². The molecule has 0 amide bonds. The first-order valence-corrected chi connectivity index (χ1v) is 9.56. The molecular formula is C16H31N3S. The molecule has 0 aromatic carbocycles. The molecule has 0 aromatic heterocycles. The zero-order valence-corrected chi connectivity index (χ0v) is 13.8. The molecule has 0 aliphatic carbocycles. The predicted molar refractivity (Wildman–Crippen MR) is 88.3 cm³/mol. The first-order chi connectivity index (χ1) is 9.72. The monoisotopic (exact) mass is 297 g/mol. The van der Waals surface area contributed by atoms with E-state index in [-0.39, 0.29) is 0 Å². The standard InChI is InChI=1S/C16H31N3S/c1-14-10-16(12-17,13-20-14)19-8-4-15(5-9-19)11-18-6-2-3-7-18/h14-15H,2-13,17H2,1H3. The van der Waals surface area contributed by atoms with E-state index in [4.69, 9.17) is 5.73 Å². The zero-order chi connectivity index (χ0) is 14.0. The lowest BCUT2D eigenvalue weighted by Gasteiger charge is -2.44. The number of thioether (sulfide) groups is 1. The van der Waals surface area contributed by atoms with Gasteiger partial charge in [-0.15, -0.1) is 0 Å². The molecule has 3 saturated heterocycles. The molecule has 4 heteroatoms. The fourth-order valence-corrected chi connectivity index (χ4v) is 5.80. The third kappa shape index (κ3) is 3.18. The fraction of sp³-hybridized carbons (Fsp3) is 1.00. The van der Waals surface area contributed by atoms with Gasteiger partial charge in [0.15, 0.2) is 0 Å². The van der Waals surface area contributed by atoms with E-state index in [1.165, 1.54) is 70.6 Å². The third-order valence-electron chi connectivity index (χ3n) is 5.68. The molecule has 3 aliphatic heterocycles. The van der Waals surface area contributed by atoms with E-state index in [1.807, 2.05) is 0 Å². The summed E-state index contributed by atoms with van der Waals surface area (Å²) in [6, 6.07) is 0. The normalized spacial score (nSPS) is 37.8. The Balaban J connectivity index is 1.50. The number of nitrogens with two attached hydrogens (primary N) is 1. The molecule has 0 radical (unpaired) electrons. The maximum atomic E-state index is 6.17. The minimum Gasteiger partial charge on any atom is -0.329 e. The molecule has 0 saturated carbocycles. The second-order valence-electron chi connectivity index (χ2n) is 7.19. The maximum absolute atomic E-state index is 6.17. The number of hydrogen-bond acceptors (Lipinski definition) is 4. The highest BCUT2D eigenvalue weighted by Crippen LogP contribution is 2.39. The SMILES string of the molecule is CC1CC(CN)(N2CCC(CN3CCCC3)CC2)CS1. The summed E-state index contributed by atoms with van der Waals surface area (Å²) in [7, 11) is 0. The lowest BCUT2D eigenvalue weighted by molar-refractivity contribution is 0.0617. The Morgan fingerprint density at radius 1 is 1.15 bits per heavy atom. The quantitative estimate of drug-likeness (QED) is 0.860. The zero-order valence-electron chi connectivity index (χ0n) is 13.0. The van der Waals surface area contributed by atoms with Gasteiger partial charge in [0, 0.05) is 29.6 Å². The van der Waals surface area contributed by atoms with Gasteiger partial charge in [-0.25, -0.2) is 0 Å². The van der Waals surface area contributed by atoms with E-state index < -0.39 is 0 Å². The van der Waals surface area contributed by atoms with E-state index in [2.05, 4.69) is 28.5 Å². The summed E-state index contributed by atoms with van der Waals surface area (Å²) in [5.74, 6) is 2.19. The number of rotatable bonds is 4. The largest absolute Gasteiger partial charge is 0.329 e. The molecule has 20 heavy (non-hydrogen) atoms. The molecule has 0 bridgehead atoms. The van der Waals surface area contributed by atoms with Gasteiger partial charge in [0.1, 0.15) is 0 Å². The van der Waals surface area contributed by atoms with Crippen LogP contribution >= 0.6 is 11.8 Å². The van der Waals surface area contributed by atoms with Gasteiger partial charge in [-0.05, 0) is 64.2 Å². The van der Waals surface area contributed by atoms with Crippen LogP contribution in [-0.2, 0) is 0 Å². The molecule has 3 rings (SSSR count). The maximum Gasteiger partial charge on any atom is 0.0432 e. The summed E-state index contributed by atoms with van der Waals surface area (Å²) >= 11 is 2.12. The Morgan fingerprint density at radius 2 is 1.85 bits per heavy atom. The van der Waals surface area contributed by atoms with Crippen LogP contribution in [0.4, 0.5) is 0 Å². The molecular weight excluding hydrogens is 266 g/mol. The van der Waals surface area contributed by atoms with Crippen molar-refractivity contribution in [3.05, 3.63) is 0 Å². The smallest absolute Gasteiger partial charge is 0.0432 e. The van der Waals surface area contributed by atoms with E-state index >= 15 is 0 Å². The van der Waals surface area contributed by atoms with Crippen molar-refractivity contribution >= 4 is 11.8 Å². The van der Waals surface area contributed by atoms with Crippen molar-refractivity contribution in [2.45, 2.75) is 49.8 Å². The number of piperidine rings is 1. The van der Waals surface area contributed by atoms with Crippen molar-refractivity contribution in [2.75, 3.05) is 45.0 Å². The van der Waals surface area contributed by atoms with Crippen molar-refractivity contribution < 1.29 is 0 Å². The van der Waals surface area contributed by atoms with Crippen LogP contribution in [0.25, 0.3) is 0 Å². The molecule has 2 atom stereocenters. The van der Waals surface area contributed by atoms with Crippen LogP contribution in [0.1, 0.15) is 39.0 Å². The Bertz CT molecular complexity index is 311. The summed E-state index contributed by atoms with van der Waals surface area (Å²) < 4.78 is 0. The Morgan fingerprint density at radius 3 is 2.40 bits per heavy atom. The summed E-state index contributed by atoms with van der Waals surface area (Å²) in [5.41, 5.74) is 6.49. The molecule has 3 heterocycles. The van der Waals surface area contributed by atoms with Crippen LogP contribution in [-0.4, -0.2) is 65.6 Å². The highest BCUT2D eigenvalue weighted by Gasteiger charge is 2.43. The average Bonchev–Trinajstić information content (AvgIpc) is 3.10. The van der Waals surface area contributed by atoms with Crippen molar-refractivity contribution in [3.8, 4) is 0 Å². The first-order valence-electron chi connectivity index (χ1n) is 8.51. The molecule has 2 unspecified atom stereocenters. The van der Waals surface area contributed by atoms with Crippen molar-refractivity contribution in [1.29, 1.82) is 0 Å². The van der Waals surface area contributed by atoms with Gasteiger partial charge in [-0.3, -0.25) is 4.90 Å². The van der Waals surface area contributed by atoms with Gasteiger partial charge in [0.2, 0.25) is 0 Å². The lowest BCUT2D eigenvalue weighted by atomic mass is 9.88. The summed E-state index contributed by atoms with van der Waals surface area (Å²) in [4.78, 5) is 5.43. The Labute approximate surface area is 128 Å². The van der Waals surface area contributed by atoms with Crippen LogP contribution < -0.4 is 5.73 Å². The molecule has 0 spiro atoms. The minimum absolute atomic E-state index is 0.322. The topological polar surface area (TPSA) is 32.5 Å².